The lowest BCUT2D eigenvalue weighted by atomic mass is 10.2. The van der Waals surface area contributed by atoms with Gasteiger partial charge in [0.15, 0.2) is 17.3 Å². The van der Waals surface area contributed by atoms with Crippen molar-refractivity contribution in [3.8, 4) is 17.2 Å². The molecule has 2 aromatic carbocycles. The van der Waals surface area contributed by atoms with E-state index in [0.29, 0.717) is 17.3 Å². The summed E-state index contributed by atoms with van der Waals surface area (Å²) in [6, 6.07) is 13.5. The van der Waals surface area contributed by atoms with Gasteiger partial charge in [-0.2, -0.15) is 5.10 Å². The Hall–Kier alpha value is -5.20. The molecule has 0 unspecified atom stereocenters. The molecule has 0 radical (unpaired) electrons. The summed E-state index contributed by atoms with van der Waals surface area (Å²) in [4.78, 5) is 33.7. The summed E-state index contributed by atoms with van der Waals surface area (Å²) in [7, 11) is 1.46. The summed E-state index contributed by atoms with van der Waals surface area (Å²) in [5.41, 5.74) is -0.366. The Bertz CT molecular complexity index is 1410. The van der Waals surface area contributed by atoms with E-state index in [2.05, 4.69) is 10.4 Å². The fourth-order valence-electron chi connectivity index (χ4n) is 3.12. The number of hydrogen-bond acceptors (Lipinski definition) is 9. The predicted octanol–water partition coefficient (Wildman–Crippen LogP) is 4.39. The fraction of sp³-hybridized carbons (Fsp3) is 0.0909. The van der Waals surface area contributed by atoms with E-state index < -0.39 is 15.8 Å². The molecule has 4 rings (SSSR count). The number of rotatable bonds is 9. The van der Waals surface area contributed by atoms with Gasteiger partial charge in [-0.1, -0.05) is 12.1 Å². The van der Waals surface area contributed by atoms with Crippen molar-refractivity contribution >= 4 is 23.0 Å². The third-order valence-corrected chi connectivity index (χ3v) is 4.69. The Kier molecular flexibility index (Phi) is 6.39. The molecule has 1 amide bonds. The molecule has 0 aliphatic rings. The van der Waals surface area contributed by atoms with Crippen LogP contribution in [0, 0.1) is 20.2 Å². The number of hydrogen-bond donors (Lipinski definition) is 1. The van der Waals surface area contributed by atoms with Crippen LogP contribution in [0.3, 0.4) is 0 Å². The molecule has 2 aromatic heterocycles. The van der Waals surface area contributed by atoms with E-state index >= 15 is 0 Å². The largest absolute Gasteiger partial charge is 0.493 e. The quantitative estimate of drug-likeness (QED) is 0.270. The number of benzene rings is 2. The zero-order valence-electron chi connectivity index (χ0n) is 18.1. The standard InChI is InChI=1S/C22H17N5O8/c1-33-19-4-2-3-5-20(19)35-18-9-14(8-15(10-18)26(29)30)24-22(28)21-7-6-17(34-21)13-25-12-16(11-23-25)27(31)32/h2-12H,13H2,1H3,(H,24,28). The highest BCUT2D eigenvalue weighted by Gasteiger charge is 2.17. The first-order valence-electron chi connectivity index (χ1n) is 9.99. The molecule has 1 N–H and O–H groups in total. The van der Waals surface area contributed by atoms with Crippen LogP contribution < -0.4 is 14.8 Å². The molecule has 0 spiro atoms. The number of non-ortho nitro benzene ring substituents is 1. The van der Waals surface area contributed by atoms with Gasteiger partial charge >= 0.3 is 5.69 Å². The number of nitro groups is 2. The van der Waals surface area contributed by atoms with Crippen LogP contribution in [0.4, 0.5) is 17.1 Å². The maximum absolute atomic E-state index is 12.7. The lowest BCUT2D eigenvalue weighted by molar-refractivity contribution is -0.385. The zero-order valence-corrected chi connectivity index (χ0v) is 18.1. The average Bonchev–Trinajstić information content (AvgIpc) is 3.49. The van der Waals surface area contributed by atoms with Gasteiger partial charge in [-0.15, -0.1) is 0 Å². The minimum Gasteiger partial charge on any atom is -0.493 e. The Balaban J connectivity index is 1.51. The topological polar surface area (TPSA) is 165 Å². The second-order valence-corrected chi connectivity index (χ2v) is 7.10. The summed E-state index contributed by atoms with van der Waals surface area (Å²) >= 11 is 0. The molecule has 0 bridgehead atoms. The summed E-state index contributed by atoms with van der Waals surface area (Å²) in [6.07, 6.45) is 2.33. The van der Waals surface area contributed by atoms with Crippen LogP contribution in [0.15, 0.2) is 71.4 Å². The van der Waals surface area contributed by atoms with E-state index in [0.717, 1.165) is 6.20 Å². The van der Waals surface area contributed by atoms with Gasteiger partial charge in [-0.05, 0) is 24.3 Å². The lowest BCUT2D eigenvalue weighted by Crippen LogP contribution is -2.11. The van der Waals surface area contributed by atoms with E-state index in [4.69, 9.17) is 13.9 Å². The highest BCUT2D eigenvalue weighted by atomic mass is 16.6. The molecule has 13 heteroatoms. The molecule has 2 heterocycles. The van der Waals surface area contributed by atoms with Crippen LogP contribution in [0.1, 0.15) is 16.3 Å². The van der Waals surface area contributed by atoms with Crippen molar-refractivity contribution in [1.82, 2.24) is 9.78 Å². The second-order valence-electron chi connectivity index (χ2n) is 7.10. The number of anilines is 1. The van der Waals surface area contributed by atoms with E-state index in [9.17, 15) is 25.0 Å². The average molecular weight is 479 g/mol. The van der Waals surface area contributed by atoms with Gasteiger partial charge in [0, 0.05) is 12.1 Å². The molecule has 0 saturated heterocycles. The SMILES string of the molecule is COc1ccccc1Oc1cc(NC(=O)c2ccc(Cn3cc([N+](=O)[O-])cn3)o2)cc([N+](=O)[O-])c1. The minimum atomic E-state index is -0.661. The number of para-hydroxylation sites is 2. The summed E-state index contributed by atoms with van der Waals surface area (Å²) in [6.45, 7) is 0.0643. The number of carbonyl (C=O) groups is 1. The molecule has 0 fully saturated rings. The van der Waals surface area contributed by atoms with Gasteiger partial charge < -0.3 is 19.2 Å². The molecule has 35 heavy (non-hydrogen) atoms. The monoisotopic (exact) mass is 479 g/mol. The third kappa shape index (κ3) is 5.42. The van der Waals surface area contributed by atoms with Crippen molar-refractivity contribution in [2.45, 2.75) is 6.54 Å². The first-order valence-corrected chi connectivity index (χ1v) is 9.99. The number of nitrogens with zero attached hydrogens (tertiary/aromatic N) is 4. The number of amides is 1. The smallest absolute Gasteiger partial charge is 0.307 e. The number of methoxy groups -OCH3 is 1. The normalized spacial score (nSPS) is 10.5. The highest BCUT2D eigenvalue weighted by Crippen LogP contribution is 2.34. The fourth-order valence-corrected chi connectivity index (χ4v) is 3.12. The predicted molar refractivity (Wildman–Crippen MR) is 121 cm³/mol. The molecule has 178 valence electrons. The highest BCUT2D eigenvalue weighted by molar-refractivity contribution is 6.02. The van der Waals surface area contributed by atoms with Crippen LogP contribution >= 0.6 is 0 Å². The number of carbonyl (C=O) groups excluding carboxylic acids is 1. The maximum Gasteiger partial charge on any atom is 0.307 e. The number of nitro benzene ring substituents is 1. The van der Waals surface area contributed by atoms with Crippen LogP contribution in [-0.4, -0.2) is 32.6 Å². The number of nitrogens with one attached hydrogen (secondary N) is 1. The summed E-state index contributed by atoms with van der Waals surface area (Å²) in [5.74, 6) is 0.469. The molecule has 0 saturated carbocycles. The number of ether oxygens (including phenoxy) is 2. The summed E-state index contributed by atoms with van der Waals surface area (Å²) in [5, 5.41) is 28.6. The number of furan rings is 1. The van der Waals surface area contributed by atoms with E-state index in [1.807, 2.05) is 0 Å². The minimum absolute atomic E-state index is 0.0643. The Morgan fingerprint density at radius 3 is 2.49 bits per heavy atom. The molecular weight excluding hydrogens is 462 g/mol. The second kappa shape index (κ2) is 9.74. The van der Waals surface area contributed by atoms with Gasteiger partial charge in [0.1, 0.15) is 23.9 Å². The molecule has 0 aliphatic heterocycles. The van der Waals surface area contributed by atoms with Crippen molar-refractivity contribution in [2.24, 2.45) is 0 Å². The van der Waals surface area contributed by atoms with Crippen LogP contribution in [0.5, 0.6) is 17.2 Å². The van der Waals surface area contributed by atoms with Crippen molar-refractivity contribution in [3.63, 3.8) is 0 Å². The van der Waals surface area contributed by atoms with Gasteiger partial charge in [0.25, 0.3) is 11.6 Å². The van der Waals surface area contributed by atoms with Gasteiger partial charge in [-0.25, -0.2) is 0 Å². The zero-order chi connectivity index (χ0) is 24.9. The van der Waals surface area contributed by atoms with Gasteiger partial charge in [-0.3, -0.25) is 29.7 Å². The van der Waals surface area contributed by atoms with Gasteiger partial charge in [0.2, 0.25) is 0 Å². The van der Waals surface area contributed by atoms with Crippen LogP contribution in [0.25, 0.3) is 0 Å². The molecular formula is C22H17N5O8. The van der Waals surface area contributed by atoms with Crippen molar-refractivity contribution in [1.29, 1.82) is 0 Å². The summed E-state index contributed by atoms with van der Waals surface area (Å²) < 4.78 is 17.8. The number of aromatic nitrogens is 2. The van der Waals surface area contributed by atoms with Crippen molar-refractivity contribution < 1.29 is 28.5 Å². The Labute approximate surface area is 196 Å². The van der Waals surface area contributed by atoms with E-state index in [1.54, 1.807) is 24.3 Å². The molecule has 0 atom stereocenters. The Morgan fingerprint density at radius 1 is 1.06 bits per heavy atom. The van der Waals surface area contributed by atoms with Crippen molar-refractivity contribution in [3.05, 3.63) is 98.7 Å². The van der Waals surface area contributed by atoms with Crippen LogP contribution in [0.2, 0.25) is 0 Å². The third-order valence-electron chi connectivity index (χ3n) is 4.69. The van der Waals surface area contributed by atoms with E-state index in [1.165, 1.54) is 48.3 Å². The van der Waals surface area contributed by atoms with Gasteiger partial charge in [0.05, 0.1) is 35.3 Å². The molecule has 0 aliphatic carbocycles. The first kappa shape index (κ1) is 23.0. The molecule has 13 nitrogen and oxygen atoms in total. The van der Waals surface area contributed by atoms with E-state index in [-0.39, 0.29) is 35.1 Å². The first-order chi connectivity index (χ1) is 16.8. The van der Waals surface area contributed by atoms with Crippen molar-refractivity contribution in [2.75, 3.05) is 12.4 Å². The molecule has 4 aromatic rings. The maximum atomic E-state index is 12.7. The Morgan fingerprint density at radius 2 is 1.80 bits per heavy atom. The lowest BCUT2D eigenvalue weighted by Gasteiger charge is -2.11. The van der Waals surface area contributed by atoms with Crippen LogP contribution in [-0.2, 0) is 6.54 Å².